The molecule has 0 saturated carbocycles. The van der Waals surface area contributed by atoms with Crippen LogP contribution >= 0.6 is 0 Å². The monoisotopic (exact) mass is 201 g/mol. The van der Waals surface area contributed by atoms with Crippen molar-refractivity contribution in [2.75, 3.05) is 26.7 Å². The van der Waals surface area contributed by atoms with Crippen molar-refractivity contribution in [3.05, 3.63) is 0 Å². The van der Waals surface area contributed by atoms with E-state index in [0.29, 0.717) is 6.10 Å². The quantitative estimate of drug-likeness (QED) is 0.648. The van der Waals surface area contributed by atoms with Gasteiger partial charge >= 0.3 is 0 Å². The average molecular weight is 201 g/mol. The highest BCUT2D eigenvalue weighted by molar-refractivity contribution is 4.68. The fraction of sp³-hybridized carbons (Fsp3) is 1.00. The van der Waals surface area contributed by atoms with E-state index >= 15 is 0 Å². The highest BCUT2D eigenvalue weighted by Crippen LogP contribution is 2.11. The largest absolute Gasteiger partial charge is 0.376 e. The molecule has 2 heteroatoms. The molecule has 1 rings (SSSR count). The van der Waals surface area contributed by atoms with Gasteiger partial charge in [0.2, 0.25) is 0 Å². The maximum atomic E-state index is 5.65. The molecule has 1 unspecified atom stereocenters. The normalized spacial score (nSPS) is 22.7. The Kier molecular flexibility index (Phi) is 9.42. The average Bonchev–Trinajstić information content (AvgIpc) is 2.21. The lowest BCUT2D eigenvalue weighted by molar-refractivity contribution is -0.0242. The summed E-state index contributed by atoms with van der Waals surface area (Å²) in [4.78, 5) is 2.36. The standard InChI is InChI=1S/C10H21NO.C2H6/c1-3-4-5-6-10-9-11(2)7-8-12-10;1-2/h10H,3-9H2,1-2H3;1-2H3. The van der Waals surface area contributed by atoms with Crippen LogP contribution in [-0.4, -0.2) is 37.7 Å². The molecule has 0 amide bonds. The number of rotatable bonds is 4. The third kappa shape index (κ3) is 6.39. The zero-order valence-electron chi connectivity index (χ0n) is 10.4. The molecule has 86 valence electrons. The minimum atomic E-state index is 0.510. The molecule has 1 aliphatic rings. The third-order valence-electron chi connectivity index (χ3n) is 2.47. The minimum absolute atomic E-state index is 0.510. The van der Waals surface area contributed by atoms with E-state index in [0.717, 1.165) is 19.7 Å². The van der Waals surface area contributed by atoms with E-state index < -0.39 is 0 Å². The predicted octanol–water partition coefficient (Wildman–Crippen LogP) is 2.92. The van der Waals surface area contributed by atoms with Crippen molar-refractivity contribution < 1.29 is 4.74 Å². The number of likely N-dealkylation sites (N-methyl/N-ethyl adjacent to an activating group) is 1. The van der Waals surface area contributed by atoms with Gasteiger partial charge < -0.3 is 9.64 Å². The molecular formula is C12H27NO. The summed E-state index contributed by atoms with van der Waals surface area (Å²) in [5.74, 6) is 0. The lowest BCUT2D eigenvalue weighted by Gasteiger charge is -2.30. The first kappa shape index (κ1) is 13.9. The molecule has 0 aromatic carbocycles. The van der Waals surface area contributed by atoms with Crippen LogP contribution in [0.15, 0.2) is 0 Å². The van der Waals surface area contributed by atoms with Gasteiger partial charge in [0.05, 0.1) is 12.7 Å². The van der Waals surface area contributed by atoms with Crippen molar-refractivity contribution in [1.29, 1.82) is 0 Å². The van der Waals surface area contributed by atoms with E-state index in [-0.39, 0.29) is 0 Å². The second kappa shape index (κ2) is 9.47. The van der Waals surface area contributed by atoms with Gasteiger partial charge in [0, 0.05) is 13.1 Å². The molecule has 0 aliphatic carbocycles. The van der Waals surface area contributed by atoms with Gasteiger partial charge in [0.25, 0.3) is 0 Å². The lowest BCUT2D eigenvalue weighted by atomic mass is 10.1. The van der Waals surface area contributed by atoms with Crippen molar-refractivity contribution in [1.82, 2.24) is 4.90 Å². The second-order valence-corrected chi connectivity index (χ2v) is 3.75. The Balaban J connectivity index is 0.000000791. The van der Waals surface area contributed by atoms with Gasteiger partial charge in [-0.15, -0.1) is 0 Å². The fourth-order valence-corrected chi connectivity index (χ4v) is 1.66. The first-order valence-electron chi connectivity index (χ1n) is 6.13. The third-order valence-corrected chi connectivity index (χ3v) is 2.47. The first-order chi connectivity index (χ1) is 6.83. The molecule has 0 spiro atoms. The maximum absolute atomic E-state index is 5.65. The molecule has 0 bridgehead atoms. The molecule has 1 saturated heterocycles. The van der Waals surface area contributed by atoms with Crippen molar-refractivity contribution in [3.8, 4) is 0 Å². The highest BCUT2D eigenvalue weighted by Gasteiger charge is 2.16. The van der Waals surface area contributed by atoms with Crippen LogP contribution in [0.4, 0.5) is 0 Å². The molecule has 1 fully saturated rings. The molecule has 1 heterocycles. The van der Waals surface area contributed by atoms with Crippen LogP contribution in [0.2, 0.25) is 0 Å². The van der Waals surface area contributed by atoms with Crippen molar-refractivity contribution in [2.45, 2.75) is 52.6 Å². The number of nitrogens with zero attached hydrogens (tertiary/aromatic N) is 1. The van der Waals surface area contributed by atoms with Crippen LogP contribution in [0.25, 0.3) is 0 Å². The molecule has 0 aromatic heterocycles. The molecular weight excluding hydrogens is 174 g/mol. The van der Waals surface area contributed by atoms with Crippen LogP contribution in [0.1, 0.15) is 46.5 Å². The predicted molar refractivity (Wildman–Crippen MR) is 62.7 cm³/mol. The molecule has 1 atom stereocenters. The molecule has 2 nitrogen and oxygen atoms in total. The van der Waals surface area contributed by atoms with Crippen molar-refractivity contribution >= 4 is 0 Å². The van der Waals surface area contributed by atoms with Gasteiger partial charge in [-0.05, 0) is 13.5 Å². The second-order valence-electron chi connectivity index (χ2n) is 3.75. The highest BCUT2D eigenvalue weighted by atomic mass is 16.5. The van der Waals surface area contributed by atoms with Crippen molar-refractivity contribution in [2.24, 2.45) is 0 Å². The van der Waals surface area contributed by atoms with Gasteiger partial charge in [-0.2, -0.15) is 0 Å². The van der Waals surface area contributed by atoms with Crippen LogP contribution in [0.3, 0.4) is 0 Å². The summed E-state index contributed by atoms with van der Waals surface area (Å²) in [5, 5.41) is 0. The Bertz CT molecular complexity index is 117. The van der Waals surface area contributed by atoms with Crippen LogP contribution < -0.4 is 0 Å². The summed E-state index contributed by atoms with van der Waals surface area (Å²) in [6.07, 6.45) is 5.74. The number of hydrogen-bond acceptors (Lipinski definition) is 2. The van der Waals surface area contributed by atoms with E-state index in [4.69, 9.17) is 4.74 Å². The molecule has 14 heavy (non-hydrogen) atoms. The zero-order chi connectivity index (χ0) is 10.8. The fourth-order valence-electron chi connectivity index (χ4n) is 1.66. The summed E-state index contributed by atoms with van der Waals surface area (Å²) in [6.45, 7) is 9.40. The van der Waals surface area contributed by atoms with E-state index in [9.17, 15) is 0 Å². The molecule has 0 aromatic rings. The minimum Gasteiger partial charge on any atom is -0.376 e. The molecule has 1 aliphatic heterocycles. The lowest BCUT2D eigenvalue weighted by Crippen LogP contribution is -2.39. The summed E-state index contributed by atoms with van der Waals surface area (Å²) < 4.78 is 5.65. The number of unbranched alkanes of at least 4 members (excludes halogenated alkanes) is 2. The Morgan fingerprint density at radius 3 is 2.57 bits per heavy atom. The van der Waals surface area contributed by atoms with E-state index in [1.165, 1.54) is 25.7 Å². The summed E-state index contributed by atoms with van der Waals surface area (Å²) >= 11 is 0. The molecule has 0 radical (unpaired) electrons. The smallest absolute Gasteiger partial charge is 0.0702 e. The van der Waals surface area contributed by atoms with Gasteiger partial charge in [-0.25, -0.2) is 0 Å². The van der Waals surface area contributed by atoms with Gasteiger partial charge in [-0.3, -0.25) is 0 Å². The summed E-state index contributed by atoms with van der Waals surface area (Å²) in [6, 6.07) is 0. The summed E-state index contributed by atoms with van der Waals surface area (Å²) in [5.41, 5.74) is 0. The first-order valence-corrected chi connectivity index (χ1v) is 6.13. The van der Waals surface area contributed by atoms with Crippen molar-refractivity contribution in [3.63, 3.8) is 0 Å². The SMILES string of the molecule is CC.CCCCCC1CN(C)CCO1. The Morgan fingerprint density at radius 2 is 2.00 bits per heavy atom. The summed E-state index contributed by atoms with van der Waals surface area (Å²) in [7, 11) is 2.18. The Labute approximate surface area is 89.6 Å². The number of morpholine rings is 1. The van der Waals surface area contributed by atoms with Gasteiger partial charge in [0.1, 0.15) is 0 Å². The van der Waals surface area contributed by atoms with Gasteiger partial charge in [-0.1, -0.05) is 40.0 Å². The zero-order valence-corrected chi connectivity index (χ0v) is 10.4. The number of hydrogen-bond donors (Lipinski definition) is 0. The van der Waals surface area contributed by atoms with Crippen LogP contribution in [0, 0.1) is 0 Å². The topological polar surface area (TPSA) is 12.5 Å². The maximum Gasteiger partial charge on any atom is 0.0702 e. The number of ether oxygens (including phenoxy) is 1. The van der Waals surface area contributed by atoms with E-state index in [1.807, 2.05) is 13.8 Å². The van der Waals surface area contributed by atoms with Gasteiger partial charge in [0.15, 0.2) is 0 Å². The van der Waals surface area contributed by atoms with E-state index in [2.05, 4.69) is 18.9 Å². The molecule has 0 N–H and O–H groups in total. The van der Waals surface area contributed by atoms with Crippen LogP contribution in [0.5, 0.6) is 0 Å². The van der Waals surface area contributed by atoms with E-state index in [1.54, 1.807) is 0 Å². The Morgan fingerprint density at radius 1 is 1.29 bits per heavy atom. The van der Waals surface area contributed by atoms with Crippen LogP contribution in [-0.2, 0) is 4.74 Å². The Hall–Kier alpha value is -0.0800.